The van der Waals surface area contributed by atoms with Crippen molar-refractivity contribution in [1.29, 1.82) is 0 Å². The molecule has 1 saturated heterocycles. The van der Waals surface area contributed by atoms with Gasteiger partial charge in [0, 0.05) is 31.2 Å². The molecule has 4 nitrogen and oxygen atoms in total. The average Bonchev–Trinajstić information content (AvgIpc) is 2.91. The van der Waals surface area contributed by atoms with Crippen molar-refractivity contribution < 1.29 is 0 Å². The summed E-state index contributed by atoms with van der Waals surface area (Å²) < 4.78 is 2.22. The van der Waals surface area contributed by atoms with Crippen LogP contribution in [0.5, 0.6) is 0 Å². The maximum atomic E-state index is 5.82. The summed E-state index contributed by atoms with van der Waals surface area (Å²) in [6.45, 7) is 6.39. The third-order valence-electron chi connectivity index (χ3n) is 4.71. The van der Waals surface area contributed by atoms with Gasteiger partial charge in [0.2, 0.25) is 0 Å². The number of pyridine rings is 1. The fourth-order valence-corrected chi connectivity index (χ4v) is 3.59. The number of fused-ring (bicyclic) bond motifs is 1. The molecule has 2 aromatic rings. The standard InChI is InChI=1S/C17H26N4/c1-13(2)20-8-4-3-7-15(20)10-17-19-12-16-14(11-18)6-5-9-21(16)17/h5-6,9,12-13,15H,3-4,7-8,10-11,18H2,1-2H3. The first-order valence-corrected chi connectivity index (χ1v) is 8.10. The van der Waals surface area contributed by atoms with Crippen LogP contribution in [0.15, 0.2) is 24.5 Å². The van der Waals surface area contributed by atoms with E-state index in [9.17, 15) is 0 Å². The Labute approximate surface area is 127 Å². The molecule has 2 N–H and O–H groups in total. The van der Waals surface area contributed by atoms with Gasteiger partial charge in [0.05, 0.1) is 11.7 Å². The van der Waals surface area contributed by atoms with E-state index >= 15 is 0 Å². The SMILES string of the molecule is CC(C)N1CCCCC1Cc1ncc2c(CN)cccn12. The Hall–Kier alpha value is -1.39. The lowest BCUT2D eigenvalue weighted by molar-refractivity contribution is 0.110. The van der Waals surface area contributed by atoms with E-state index in [1.54, 1.807) is 0 Å². The molecule has 1 aliphatic rings. The second-order valence-electron chi connectivity index (χ2n) is 6.35. The second-order valence-corrected chi connectivity index (χ2v) is 6.35. The molecule has 0 amide bonds. The van der Waals surface area contributed by atoms with E-state index in [2.05, 4.69) is 46.5 Å². The van der Waals surface area contributed by atoms with Crippen LogP contribution in [-0.4, -0.2) is 32.9 Å². The molecule has 0 aromatic carbocycles. The van der Waals surface area contributed by atoms with Gasteiger partial charge in [0.25, 0.3) is 0 Å². The summed E-state index contributed by atoms with van der Waals surface area (Å²) in [6.07, 6.45) is 9.06. The molecule has 1 unspecified atom stereocenters. The van der Waals surface area contributed by atoms with Crippen molar-refractivity contribution in [3.63, 3.8) is 0 Å². The smallest absolute Gasteiger partial charge is 0.114 e. The Morgan fingerprint density at radius 3 is 3.00 bits per heavy atom. The van der Waals surface area contributed by atoms with Crippen molar-refractivity contribution >= 4 is 5.52 Å². The van der Waals surface area contributed by atoms with E-state index in [-0.39, 0.29) is 0 Å². The molecule has 0 aliphatic carbocycles. The highest BCUT2D eigenvalue weighted by Crippen LogP contribution is 2.23. The Kier molecular flexibility index (Phi) is 4.27. The summed E-state index contributed by atoms with van der Waals surface area (Å²) >= 11 is 0. The molecular formula is C17H26N4. The van der Waals surface area contributed by atoms with E-state index < -0.39 is 0 Å². The van der Waals surface area contributed by atoms with Crippen LogP contribution in [0.4, 0.5) is 0 Å². The number of piperidine rings is 1. The Balaban J connectivity index is 1.87. The normalized spacial score (nSPS) is 20.5. The fourth-order valence-electron chi connectivity index (χ4n) is 3.59. The van der Waals surface area contributed by atoms with Crippen LogP contribution in [-0.2, 0) is 13.0 Å². The molecule has 2 aromatic heterocycles. The minimum Gasteiger partial charge on any atom is -0.326 e. The minimum absolute atomic E-state index is 0.566. The molecule has 4 heteroatoms. The third kappa shape index (κ3) is 2.83. The zero-order chi connectivity index (χ0) is 14.8. The number of hydrogen-bond acceptors (Lipinski definition) is 3. The van der Waals surface area contributed by atoms with Crippen LogP contribution >= 0.6 is 0 Å². The van der Waals surface area contributed by atoms with Crippen LogP contribution in [0.25, 0.3) is 5.52 Å². The van der Waals surface area contributed by atoms with Gasteiger partial charge in [-0.15, -0.1) is 0 Å². The number of nitrogens with zero attached hydrogens (tertiary/aromatic N) is 3. The van der Waals surface area contributed by atoms with E-state index in [1.807, 2.05) is 6.20 Å². The molecule has 1 atom stereocenters. The lowest BCUT2D eigenvalue weighted by Gasteiger charge is -2.38. The summed E-state index contributed by atoms with van der Waals surface area (Å²) in [4.78, 5) is 7.31. The van der Waals surface area contributed by atoms with Crippen LogP contribution in [0, 0.1) is 0 Å². The molecule has 3 rings (SSSR count). The number of imidazole rings is 1. The molecule has 0 bridgehead atoms. The first-order valence-electron chi connectivity index (χ1n) is 8.10. The Morgan fingerprint density at radius 1 is 1.38 bits per heavy atom. The van der Waals surface area contributed by atoms with E-state index in [1.165, 1.54) is 31.4 Å². The number of likely N-dealkylation sites (tertiary alicyclic amines) is 1. The van der Waals surface area contributed by atoms with Crippen molar-refractivity contribution in [2.24, 2.45) is 5.73 Å². The zero-order valence-electron chi connectivity index (χ0n) is 13.1. The summed E-state index contributed by atoms with van der Waals surface area (Å²) in [5.41, 5.74) is 8.14. The van der Waals surface area contributed by atoms with E-state index in [0.717, 1.165) is 17.8 Å². The minimum atomic E-state index is 0.566. The first-order chi connectivity index (χ1) is 10.2. The van der Waals surface area contributed by atoms with Crippen molar-refractivity contribution in [2.75, 3.05) is 6.54 Å². The molecule has 3 heterocycles. The van der Waals surface area contributed by atoms with Crippen LogP contribution in [0.3, 0.4) is 0 Å². The monoisotopic (exact) mass is 286 g/mol. The predicted molar refractivity (Wildman–Crippen MR) is 86.3 cm³/mol. The quantitative estimate of drug-likeness (QED) is 0.939. The maximum Gasteiger partial charge on any atom is 0.114 e. The van der Waals surface area contributed by atoms with Gasteiger partial charge in [-0.1, -0.05) is 12.5 Å². The Bertz CT molecular complexity index is 602. The van der Waals surface area contributed by atoms with Crippen molar-refractivity contribution in [3.05, 3.63) is 35.9 Å². The van der Waals surface area contributed by atoms with Crippen molar-refractivity contribution in [1.82, 2.24) is 14.3 Å². The van der Waals surface area contributed by atoms with Gasteiger partial charge in [-0.25, -0.2) is 4.98 Å². The van der Waals surface area contributed by atoms with Crippen LogP contribution in [0.2, 0.25) is 0 Å². The number of hydrogen-bond donors (Lipinski definition) is 1. The molecular weight excluding hydrogens is 260 g/mol. The largest absolute Gasteiger partial charge is 0.326 e. The first kappa shape index (κ1) is 14.5. The summed E-state index contributed by atoms with van der Waals surface area (Å²) in [7, 11) is 0. The predicted octanol–water partition coefficient (Wildman–Crippen LogP) is 2.60. The lowest BCUT2D eigenvalue weighted by atomic mass is 9.97. The van der Waals surface area contributed by atoms with Gasteiger partial charge in [0.15, 0.2) is 0 Å². The Morgan fingerprint density at radius 2 is 2.24 bits per heavy atom. The molecule has 0 radical (unpaired) electrons. The lowest BCUT2D eigenvalue weighted by Crippen LogP contribution is -2.45. The highest BCUT2D eigenvalue weighted by atomic mass is 15.2. The summed E-state index contributed by atoms with van der Waals surface area (Å²) in [5, 5.41) is 0. The highest BCUT2D eigenvalue weighted by Gasteiger charge is 2.25. The third-order valence-corrected chi connectivity index (χ3v) is 4.71. The van der Waals surface area contributed by atoms with Gasteiger partial charge in [0.1, 0.15) is 5.82 Å². The van der Waals surface area contributed by atoms with Gasteiger partial charge < -0.3 is 10.1 Å². The average molecular weight is 286 g/mol. The summed E-state index contributed by atoms with van der Waals surface area (Å²) in [6, 6.07) is 5.38. The van der Waals surface area contributed by atoms with Crippen LogP contribution in [0.1, 0.15) is 44.5 Å². The fraction of sp³-hybridized carbons (Fsp3) is 0.588. The van der Waals surface area contributed by atoms with Crippen LogP contribution < -0.4 is 5.73 Å². The zero-order valence-corrected chi connectivity index (χ0v) is 13.1. The van der Waals surface area contributed by atoms with Crippen molar-refractivity contribution in [2.45, 2.75) is 58.2 Å². The molecule has 1 fully saturated rings. The molecule has 114 valence electrons. The second kappa shape index (κ2) is 6.16. The molecule has 0 saturated carbocycles. The van der Waals surface area contributed by atoms with Crippen molar-refractivity contribution in [3.8, 4) is 0 Å². The topological polar surface area (TPSA) is 46.6 Å². The molecule has 1 aliphatic heterocycles. The van der Waals surface area contributed by atoms with E-state index in [4.69, 9.17) is 5.73 Å². The molecule has 21 heavy (non-hydrogen) atoms. The van der Waals surface area contributed by atoms with Gasteiger partial charge >= 0.3 is 0 Å². The molecule has 0 spiro atoms. The van der Waals surface area contributed by atoms with Gasteiger partial charge in [-0.3, -0.25) is 4.90 Å². The summed E-state index contributed by atoms with van der Waals surface area (Å²) in [5.74, 6) is 1.16. The number of rotatable bonds is 4. The van der Waals surface area contributed by atoms with Gasteiger partial charge in [-0.05, 0) is 44.9 Å². The number of aromatic nitrogens is 2. The van der Waals surface area contributed by atoms with Gasteiger partial charge in [-0.2, -0.15) is 0 Å². The van der Waals surface area contributed by atoms with E-state index in [0.29, 0.717) is 18.6 Å². The number of nitrogens with two attached hydrogens (primary N) is 1. The maximum absolute atomic E-state index is 5.82. The highest BCUT2D eigenvalue weighted by molar-refractivity contribution is 5.54.